The third kappa shape index (κ3) is 9.81. The fourth-order valence-corrected chi connectivity index (χ4v) is 6.18. The van der Waals surface area contributed by atoms with Gasteiger partial charge in [0.05, 0.1) is 18.9 Å². The van der Waals surface area contributed by atoms with Crippen molar-refractivity contribution in [3.8, 4) is 11.6 Å². The first-order chi connectivity index (χ1) is 25.6. The van der Waals surface area contributed by atoms with Gasteiger partial charge in [-0.2, -0.15) is 5.10 Å². The van der Waals surface area contributed by atoms with Gasteiger partial charge in [-0.1, -0.05) is 18.2 Å². The molecule has 3 N–H and O–H groups in total. The van der Waals surface area contributed by atoms with Crippen molar-refractivity contribution in [1.82, 2.24) is 40.4 Å². The van der Waals surface area contributed by atoms with Gasteiger partial charge in [-0.25, -0.2) is 14.3 Å². The van der Waals surface area contributed by atoms with Crippen LogP contribution in [0.2, 0.25) is 0 Å². The summed E-state index contributed by atoms with van der Waals surface area (Å²) < 4.78 is 17.0. The van der Waals surface area contributed by atoms with Crippen LogP contribution >= 0.6 is 0 Å². The van der Waals surface area contributed by atoms with Crippen LogP contribution in [0, 0.1) is 0 Å². The number of benzene rings is 1. The van der Waals surface area contributed by atoms with E-state index in [1.165, 1.54) is 32.4 Å². The Morgan fingerprint density at radius 2 is 1.57 bits per heavy atom. The zero-order valence-corrected chi connectivity index (χ0v) is 29.9. The number of para-hydroxylation sites is 1. The predicted octanol–water partition coefficient (Wildman–Crippen LogP) is -0.0108. The number of nitrogens with zero attached hydrogens (tertiary/aromatic N) is 5. The Hall–Kier alpha value is -5.68. The number of amides is 6. The first-order valence-corrected chi connectivity index (χ1v) is 17.9. The molecule has 2 unspecified atom stereocenters. The number of nitrogens with one attached hydrogen (secondary N) is 3. The van der Waals surface area contributed by atoms with E-state index in [0.717, 1.165) is 19.3 Å². The summed E-state index contributed by atoms with van der Waals surface area (Å²) in [5.41, 5.74) is 0.346. The maximum Gasteiger partial charge on any atom is 0.409 e. The van der Waals surface area contributed by atoms with Gasteiger partial charge in [0.1, 0.15) is 12.1 Å². The number of aromatic nitrogens is 2. The van der Waals surface area contributed by atoms with Gasteiger partial charge in [-0.05, 0) is 58.1 Å². The molecule has 18 nitrogen and oxygen atoms in total. The van der Waals surface area contributed by atoms with Crippen LogP contribution in [0.3, 0.4) is 0 Å². The summed E-state index contributed by atoms with van der Waals surface area (Å²) in [6.07, 6.45) is 3.66. The van der Waals surface area contributed by atoms with E-state index in [1.54, 1.807) is 37.3 Å². The van der Waals surface area contributed by atoms with Crippen LogP contribution in [0.25, 0.3) is 5.69 Å². The minimum atomic E-state index is -1.35. The number of hydrogen-bond acceptors (Lipinski definition) is 11. The molecule has 286 valence electrons. The van der Waals surface area contributed by atoms with Crippen LogP contribution < -0.4 is 20.7 Å². The van der Waals surface area contributed by atoms with Crippen LogP contribution in [-0.2, 0) is 33.4 Å². The van der Waals surface area contributed by atoms with Gasteiger partial charge in [0.2, 0.25) is 17.7 Å². The Kier molecular flexibility index (Phi) is 13.2. The van der Waals surface area contributed by atoms with E-state index in [4.69, 9.17) is 14.2 Å². The van der Waals surface area contributed by atoms with E-state index >= 15 is 0 Å². The highest BCUT2D eigenvalue weighted by atomic mass is 16.6. The molecular formula is C35H46N8O10. The second-order valence-electron chi connectivity index (χ2n) is 12.8. The number of carbonyl (C=O) groups excluding carboxylic acids is 7. The van der Waals surface area contributed by atoms with Gasteiger partial charge in [-0.15, -0.1) is 0 Å². The Labute approximate surface area is 306 Å². The van der Waals surface area contributed by atoms with Crippen LogP contribution in [0.1, 0.15) is 56.4 Å². The maximum atomic E-state index is 13.7. The topological polar surface area (TPSA) is 211 Å². The molecule has 2 aliphatic heterocycles. The molecule has 18 heteroatoms. The van der Waals surface area contributed by atoms with E-state index in [9.17, 15) is 33.6 Å². The molecule has 1 saturated carbocycles. The number of esters is 1. The van der Waals surface area contributed by atoms with E-state index in [1.807, 2.05) is 0 Å². The average molecular weight is 739 g/mol. The van der Waals surface area contributed by atoms with E-state index in [0.29, 0.717) is 25.1 Å². The normalized spacial score (nSPS) is 17.6. The second-order valence-corrected chi connectivity index (χ2v) is 12.8. The first-order valence-electron chi connectivity index (χ1n) is 17.9. The fourth-order valence-electron chi connectivity index (χ4n) is 6.18. The summed E-state index contributed by atoms with van der Waals surface area (Å²) in [4.78, 5) is 94.6. The summed E-state index contributed by atoms with van der Waals surface area (Å²) in [5.74, 6) is -4.13. The predicted molar refractivity (Wildman–Crippen MR) is 186 cm³/mol. The van der Waals surface area contributed by atoms with Crippen LogP contribution in [0.5, 0.6) is 5.88 Å². The number of hydrogen-bond donors (Lipinski definition) is 3. The van der Waals surface area contributed by atoms with E-state index in [2.05, 4.69) is 21.0 Å². The van der Waals surface area contributed by atoms with Crippen molar-refractivity contribution in [3.63, 3.8) is 0 Å². The molecule has 6 amide bonds. The molecule has 0 spiro atoms. The third-order valence-corrected chi connectivity index (χ3v) is 9.23. The minimum Gasteiger partial charge on any atom is -0.467 e. The van der Waals surface area contributed by atoms with Crippen LogP contribution in [-0.4, -0.2) is 143 Å². The van der Waals surface area contributed by atoms with Crippen molar-refractivity contribution in [1.29, 1.82) is 0 Å². The zero-order chi connectivity index (χ0) is 37.9. The second kappa shape index (κ2) is 18.2. The van der Waals surface area contributed by atoms with Crippen molar-refractivity contribution in [2.75, 3.05) is 59.1 Å². The van der Waals surface area contributed by atoms with Gasteiger partial charge in [0, 0.05) is 51.4 Å². The molecule has 3 aliphatic rings. The van der Waals surface area contributed by atoms with Crippen molar-refractivity contribution in [3.05, 3.63) is 42.1 Å². The summed E-state index contributed by atoms with van der Waals surface area (Å²) in [7, 11) is 0. The van der Waals surface area contributed by atoms with Crippen LogP contribution in [0.15, 0.2) is 36.4 Å². The number of likely N-dealkylation sites (tertiary alicyclic amines) is 1. The van der Waals surface area contributed by atoms with Crippen molar-refractivity contribution >= 4 is 41.6 Å². The molecule has 5 rings (SSSR count). The van der Waals surface area contributed by atoms with Gasteiger partial charge in [0.25, 0.3) is 11.8 Å². The highest BCUT2D eigenvalue weighted by Gasteiger charge is 2.36. The Morgan fingerprint density at radius 1 is 0.868 bits per heavy atom. The van der Waals surface area contributed by atoms with Gasteiger partial charge in [-0.3, -0.25) is 24.0 Å². The van der Waals surface area contributed by atoms with Crippen molar-refractivity contribution in [2.24, 2.45) is 0 Å². The summed E-state index contributed by atoms with van der Waals surface area (Å²) in [5, 5.41) is 12.4. The van der Waals surface area contributed by atoms with E-state index in [-0.39, 0.29) is 62.9 Å². The molecule has 3 fully saturated rings. The lowest BCUT2D eigenvalue weighted by Crippen LogP contribution is -2.58. The van der Waals surface area contributed by atoms with Crippen LogP contribution in [0.4, 0.5) is 4.79 Å². The monoisotopic (exact) mass is 738 g/mol. The molecule has 0 bridgehead atoms. The summed E-state index contributed by atoms with van der Waals surface area (Å²) in [6.45, 7) is 3.55. The maximum absolute atomic E-state index is 13.7. The lowest BCUT2D eigenvalue weighted by Gasteiger charge is -2.35. The summed E-state index contributed by atoms with van der Waals surface area (Å²) in [6, 6.07) is 8.27. The molecule has 2 aromatic rings. The number of ether oxygens (including phenoxy) is 3. The van der Waals surface area contributed by atoms with Crippen molar-refractivity contribution in [2.45, 2.75) is 64.1 Å². The number of carbonyl (C=O) groups is 7. The van der Waals surface area contributed by atoms with Gasteiger partial charge in [0.15, 0.2) is 12.3 Å². The Bertz CT molecular complexity index is 1650. The largest absolute Gasteiger partial charge is 0.467 e. The molecule has 1 aliphatic carbocycles. The SMILES string of the molecule is CCOC(=O)C(=O)NCC(NC(=O)c1cc(OCC(=O)N2CCCC2C(=O)NC2CCC2)n(-c2ccccc2)n1)C(=O)N1CCN(C(=O)OCC)CC1. The molecule has 2 atom stereocenters. The third-order valence-electron chi connectivity index (χ3n) is 9.23. The first kappa shape index (κ1) is 38.5. The molecular weight excluding hydrogens is 692 g/mol. The fraction of sp³-hybridized carbons (Fsp3) is 0.543. The molecule has 1 aromatic heterocycles. The van der Waals surface area contributed by atoms with Gasteiger partial charge < -0.3 is 44.9 Å². The molecule has 0 radical (unpaired) electrons. The highest BCUT2D eigenvalue weighted by molar-refractivity contribution is 6.32. The lowest BCUT2D eigenvalue weighted by atomic mass is 9.93. The summed E-state index contributed by atoms with van der Waals surface area (Å²) >= 11 is 0. The molecule has 53 heavy (non-hydrogen) atoms. The molecule has 3 heterocycles. The molecule has 1 aromatic carbocycles. The van der Waals surface area contributed by atoms with E-state index < -0.39 is 60.9 Å². The van der Waals surface area contributed by atoms with Crippen molar-refractivity contribution < 1.29 is 47.8 Å². The molecule has 2 saturated heterocycles. The number of rotatable bonds is 13. The Morgan fingerprint density at radius 3 is 2.23 bits per heavy atom. The van der Waals surface area contributed by atoms with Gasteiger partial charge >= 0.3 is 18.0 Å². The highest BCUT2D eigenvalue weighted by Crippen LogP contribution is 2.23. The minimum absolute atomic E-state index is 0.0372. The standard InChI is InChI=1S/C35H46N8O10/c1-3-51-34(49)32(47)36-21-26(33(48)40-16-18-41(19-17-40)35(50)52-4-2)38-30(45)25-20-29(43(39-25)24-12-6-5-7-13-24)53-22-28(44)42-15-9-14-27(42)31(46)37-23-10-8-11-23/h5-7,12-13,20,23,26-27H,3-4,8-11,14-19,21-22H2,1-2H3,(H,36,47)(H,37,46)(H,38,45). The quantitative estimate of drug-likeness (QED) is 0.184. The average Bonchev–Trinajstić information content (AvgIpc) is 3.82. The lowest BCUT2D eigenvalue weighted by molar-refractivity contribution is -0.154. The number of piperazine rings is 1. The Balaban J connectivity index is 1.30. The smallest absolute Gasteiger partial charge is 0.409 e. The zero-order valence-electron chi connectivity index (χ0n) is 29.9.